The first-order chi connectivity index (χ1) is 13.0. The van der Waals surface area contributed by atoms with Crippen LogP contribution in [0.15, 0.2) is 22.8 Å². The van der Waals surface area contributed by atoms with Gasteiger partial charge in [-0.2, -0.15) is 0 Å². The van der Waals surface area contributed by atoms with Crippen molar-refractivity contribution in [1.82, 2.24) is 9.88 Å². The zero-order chi connectivity index (χ0) is 19.4. The number of esters is 1. The highest BCUT2D eigenvalue weighted by Crippen LogP contribution is 2.23. The van der Waals surface area contributed by atoms with E-state index in [1.54, 1.807) is 24.0 Å². The van der Waals surface area contributed by atoms with E-state index in [1.165, 1.54) is 6.26 Å². The van der Waals surface area contributed by atoms with Crippen molar-refractivity contribution in [1.29, 1.82) is 0 Å². The molecule has 0 spiro atoms. The summed E-state index contributed by atoms with van der Waals surface area (Å²) in [5, 5.41) is 0. The van der Waals surface area contributed by atoms with Crippen LogP contribution in [0.25, 0.3) is 0 Å². The lowest BCUT2D eigenvalue weighted by atomic mass is 10.1. The number of aromatic nitrogens is 1. The summed E-state index contributed by atoms with van der Waals surface area (Å²) in [7, 11) is 0. The number of hydrogen-bond donors (Lipinski definition) is 1. The largest absolute Gasteiger partial charge is 0.461 e. The fourth-order valence-electron chi connectivity index (χ4n) is 3.43. The van der Waals surface area contributed by atoms with Crippen molar-refractivity contribution in [3.63, 3.8) is 0 Å². The van der Waals surface area contributed by atoms with Crippen molar-refractivity contribution >= 4 is 11.9 Å². The van der Waals surface area contributed by atoms with Crippen LogP contribution >= 0.6 is 0 Å². The summed E-state index contributed by atoms with van der Waals surface area (Å²) in [5.74, 6) is -0.273. The Morgan fingerprint density at radius 2 is 2.19 bits per heavy atom. The summed E-state index contributed by atoms with van der Waals surface area (Å²) in [6, 6.07) is 3.36. The number of ether oxygens (including phenoxy) is 2. The third-order valence-electron chi connectivity index (χ3n) is 4.89. The standard InChI is InChI=1S/C20H26N2O5/c1-4-25-20(24)18-13(2)16(14(3)21-18)12-22(11-15-7-5-9-26-15)19(23)17-8-6-10-27-17/h6,8,10,15,21H,4-5,7,9,11-12H2,1-3H3. The van der Waals surface area contributed by atoms with Crippen LogP contribution in [0.4, 0.5) is 0 Å². The molecule has 7 heteroatoms. The fourth-order valence-corrected chi connectivity index (χ4v) is 3.43. The maximum absolute atomic E-state index is 12.9. The Morgan fingerprint density at radius 1 is 1.37 bits per heavy atom. The highest BCUT2D eigenvalue weighted by molar-refractivity contribution is 5.92. The van der Waals surface area contributed by atoms with Crippen LogP contribution in [-0.4, -0.2) is 47.6 Å². The monoisotopic (exact) mass is 374 g/mol. The van der Waals surface area contributed by atoms with E-state index in [2.05, 4.69) is 4.98 Å². The van der Waals surface area contributed by atoms with Crippen LogP contribution in [-0.2, 0) is 16.0 Å². The lowest BCUT2D eigenvalue weighted by molar-refractivity contribution is 0.0483. The van der Waals surface area contributed by atoms with Gasteiger partial charge in [0.2, 0.25) is 0 Å². The van der Waals surface area contributed by atoms with Gasteiger partial charge in [-0.05, 0) is 56.9 Å². The Balaban J connectivity index is 1.85. The second-order valence-corrected chi connectivity index (χ2v) is 6.75. The first-order valence-electron chi connectivity index (χ1n) is 9.30. The van der Waals surface area contributed by atoms with Crippen LogP contribution in [0.2, 0.25) is 0 Å². The van der Waals surface area contributed by atoms with Gasteiger partial charge in [-0.1, -0.05) is 0 Å². The molecule has 0 bridgehead atoms. The van der Waals surface area contributed by atoms with E-state index in [4.69, 9.17) is 13.9 Å². The van der Waals surface area contributed by atoms with Crippen molar-refractivity contribution in [2.75, 3.05) is 19.8 Å². The van der Waals surface area contributed by atoms with Gasteiger partial charge in [-0.3, -0.25) is 4.79 Å². The molecule has 3 heterocycles. The first kappa shape index (κ1) is 19.2. The molecule has 0 aliphatic carbocycles. The van der Waals surface area contributed by atoms with Gasteiger partial charge in [0.1, 0.15) is 5.69 Å². The summed E-state index contributed by atoms with van der Waals surface area (Å²) in [5.41, 5.74) is 3.00. The molecule has 27 heavy (non-hydrogen) atoms. The lowest BCUT2D eigenvalue weighted by Crippen LogP contribution is -2.37. The van der Waals surface area contributed by atoms with Crippen LogP contribution in [0, 0.1) is 13.8 Å². The molecule has 0 radical (unpaired) electrons. The molecule has 2 aromatic rings. The van der Waals surface area contributed by atoms with Gasteiger partial charge in [0.25, 0.3) is 5.91 Å². The van der Waals surface area contributed by atoms with Gasteiger partial charge in [-0.15, -0.1) is 0 Å². The van der Waals surface area contributed by atoms with E-state index < -0.39 is 0 Å². The molecule has 1 aliphatic rings. The lowest BCUT2D eigenvalue weighted by Gasteiger charge is -2.25. The number of carbonyl (C=O) groups is 2. The minimum absolute atomic E-state index is 0.0213. The number of carbonyl (C=O) groups excluding carboxylic acids is 2. The van der Waals surface area contributed by atoms with E-state index in [-0.39, 0.29) is 18.0 Å². The summed E-state index contributed by atoms with van der Waals surface area (Å²) in [6.07, 6.45) is 3.44. The topological polar surface area (TPSA) is 84.8 Å². The number of rotatable bonds is 7. The molecule has 1 N–H and O–H groups in total. The summed E-state index contributed by atoms with van der Waals surface area (Å²) < 4.78 is 16.1. The van der Waals surface area contributed by atoms with Gasteiger partial charge in [0, 0.05) is 25.4 Å². The second-order valence-electron chi connectivity index (χ2n) is 6.75. The predicted molar refractivity (Wildman–Crippen MR) is 98.6 cm³/mol. The van der Waals surface area contributed by atoms with Gasteiger partial charge in [0.05, 0.1) is 19.0 Å². The molecule has 0 saturated carbocycles. The normalized spacial score (nSPS) is 16.5. The minimum Gasteiger partial charge on any atom is -0.461 e. The molecule has 1 saturated heterocycles. The van der Waals surface area contributed by atoms with E-state index in [1.807, 2.05) is 13.8 Å². The van der Waals surface area contributed by atoms with E-state index in [9.17, 15) is 9.59 Å². The first-order valence-corrected chi connectivity index (χ1v) is 9.30. The zero-order valence-electron chi connectivity index (χ0n) is 16.0. The SMILES string of the molecule is CCOC(=O)c1[nH]c(C)c(CN(CC2CCCO2)C(=O)c2ccco2)c1C. The number of furan rings is 1. The number of nitrogens with one attached hydrogen (secondary N) is 1. The molecule has 7 nitrogen and oxygen atoms in total. The predicted octanol–water partition coefficient (Wildman–Crippen LogP) is 3.22. The molecule has 1 fully saturated rings. The van der Waals surface area contributed by atoms with Crippen molar-refractivity contribution in [3.05, 3.63) is 46.7 Å². The van der Waals surface area contributed by atoms with Gasteiger partial charge >= 0.3 is 5.97 Å². The molecule has 3 rings (SSSR count). The fraction of sp³-hybridized carbons (Fsp3) is 0.500. The molecular weight excluding hydrogens is 348 g/mol. The van der Waals surface area contributed by atoms with Crippen molar-refractivity contribution in [2.45, 2.75) is 46.3 Å². The second kappa shape index (κ2) is 8.43. The van der Waals surface area contributed by atoms with Crippen molar-refractivity contribution in [3.8, 4) is 0 Å². The molecule has 1 unspecified atom stereocenters. The Bertz CT molecular complexity index is 788. The quantitative estimate of drug-likeness (QED) is 0.752. The number of H-pyrrole nitrogens is 1. The Labute approximate surface area is 158 Å². The minimum atomic E-state index is -0.382. The highest BCUT2D eigenvalue weighted by Gasteiger charge is 2.27. The third kappa shape index (κ3) is 4.24. The van der Waals surface area contributed by atoms with Gasteiger partial charge in [-0.25, -0.2) is 4.79 Å². The van der Waals surface area contributed by atoms with Crippen LogP contribution < -0.4 is 0 Å². The van der Waals surface area contributed by atoms with Crippen molar-refractivity contribution in [2.24, 2.45) is 0 Å². The average Bonchev–Trinajstić information content (AvgIpc) is 3.39. The molecule has 1 atom stereocenters. The number of aryl methyl sites for hydroxylation is 1. The van der Waals surface area contributed by atoms with Crippen molar-refractivity contribution < 1.29 is 23.5 Å². The zero-order valence-corrected chi connectivity index (χ0v) is 16.0. The van der Waals surface area contributed by atoms with E-state index >= 15 is 0 Å². The van der Waals surface area contributed by atoms with Crippen LogP contribution in [0.3, 0.4) is 0 Å². The maximum Gasteiger partial charge on any atom is 0.355 e. The summed E-state index contributed by atoms with van der Waals surface area (Å²) >= 11 is 0. The smallest absolute Gasteiger partial charge is 0.355 e. The number of amides is 1. The summed E-state index contributed by atoms with van der Waals surface area (Å²) in [4.78, 5) is 29.9. The van der Waals surface area contributed by atoms with Crippen LogP contribution in [0.1, 0.15) is 57.6 Å². The number of nitrogens with zero attached hydrogens (tertiary/aromatic N) is 1. The average molecular weight is 374 g/mol. The van der Waals surface area contributed by atoms with Gasteiger partial charge in [0.15, 0.2) is 5.76 Å². The van der Waals surface area contributed by atoms with E-state index in [0.29, 0.717) is 31.2 Å². The Kier molecular flexibility index (Phi) is 6.01. The van der Waals surface area contributed by atoms with E-state index in [0.717, 1.165) is 36.3 Å². The molecule has 1 amide bonds. The molecule has 2 aromatic heterocycles. The highest BCUT2D eigenvalue weighted by atomic mass is 16.5. The Hall–Kier alpha value is -2.54. The molecule has 146 valence electrons. The molecule has 1 aliphatic heterocycles. The maximum atomic E-state index is 12.9. The third-order valence-corrected chi connectivity index (χ3v) is 4.89. The summed E-state index contributed by atoms with van der Waals surface area (Å²) in [6.45, 7) is 7.43. The number of hydrogen-bond acceptors (Lipinski definition) is 5. The number of aromatic amines is 1. The van der Waals surface area contributed by atoms with Gasteiger partial charge < -0.3 is 23.8 Å². The van der Waals surface area contributed by atoms with Crippen LogP contribution in [0.5, 0.6) is 0 Å². The molecule has 0 aromatic carbocycles. The Morgan fingerprint density at radius 3 is 2.81 bits per heavy atom. The molecular formula is C20H26N2O5.